The Morgan fingerprint density at radius 3 is 1.79 bits per heavy atom. The molecule has 0 aliphatic heterocycles. The molecule has 0 atom stereocenters. The number of aromatic nitrogens is 1. The van der Waals surface area contributed by atoms with Crippen molar-refractivity contribution < 1.29 is 21.8 Å². The van der Waals surface area contributed by atoms with Crippen molar-refractivity contribution in [2.75, 3.05) is 5.32 Å². The van der Waals surface area contributed by atoms with E-state index in [4.69, 9.17) is 0 Å². The Bertz CT molecular complexity index is 1030. The van der Waals surface area contributed by atoms with Crippen LogP contribution in [0.3, 0.4) is 0 Å². The molecule has 4 rings (SSSR count). The summed E-state index contributed by atoms with van der Waals surface area (Å²) in [5.41, 5.74) is 3.33. The molecule has 0 saturated heterocycles. The average molecular weight is 384 g/mol. The van der Waals surface area contributed by atoms with E-state index in [2.05, 4.69) is 89.0 Å². The fourth-order valence-electron chi connectivity index (χ4n) is 2.70. The van der Waals surface area contributed by atoms with E-state index in [1.165, 1.54) is 10.8 Å². The van der Waals surface area contributed by atoms with Gasteiger partial charge in [0.2, 0.25) is 5.69 Å². The van der Waals surface area contributed by atoms with Crippen molar-refractivity contribution in [3.63, 3.8) is 0 Å². The zero-order valence-corrected chi connectivity index (χ0v) is 14.8. The van der Waals surface area contributed by atoms with Crippen molar-refractivity contribution in [3.8, 4) is 5.69 Å². The Balaban J connectivity index is 0.000000403. The Kier molecular flexibility index (Phi) is 5.94. The summed E-state index contributed by atoms with van der Waals surface area (Å²) in [7, 11) is -6.00. The summed E-state index contributed by atoms with van der Waals surface area (Å²) in [6, 6.07) is 29.2. The molecule has 0 bridgehead atoms. The van der Waals surface area contributed by atoms with Gasteiger partial charge in [0.1, 0.15) is 0 Å². The highest BCUT2D eigenvalue weighted by Gasteiger charge is 2.20. The van der Waals surface area contributed by atoms with Gasteiger partial charge in [0.05, 0.1) is 0 Å². The molecule has 142 valence electrons. The van der Waals surface area contributed by atoms with E-state index in [1.54, 1.807) is 0 Å². The molecule has 1 heterocycles. The lowest BCUT2D eigenvalue weighted by Crippen LogP contribution is -2.29. The Labute approximate surface area is 160 Å². The van der Waals surface area contributed by atoms with Crippen molar-refractivity contribution in [1.82, 2.24) is 0 Å². The standard InChI is InChI=1S/C21H17N2.BF4/c1-2-8-19(9-3-1)22-20-10-12-21(13-11-20)23-15-14-17-6-4-5-7-18(17)16-23;2-1(3,4)5/h1-16,22H;/q+1;-1. The minimum Gasteiger partial charge on any atom is -0.418 e. The zero-order chi connectivity index (χ0) is 20.0. The summed E-state index contributed by atoms with van der Waals surface area (Å²) in [5.74, 6) is 0. The molecular formula is C21H17BF4N2. The predicted molar refractivity (Wildman–Crippen MR) is 105 cm³/mol. The molecule has 7 heteroatoms. The number of benzene rings is 3. The van der Waals surface area contributed by atoms with Crippen LogP contribution in [0.2, 0.25) is 0 Å². The number of nitrogens with one attached hydrogen (secondary N) is 1. The first-order valence-corrected chi connectivity index (χ1v) is 8.58. The quantitative estimate of drug-likeness (QED) is 0.254. The molecule has 0 unspecified atom stereocenters. The summed E-state index contributed by atoms with van der Waals surface area (Å²) in [6.07, 6.45) is 4.26. The lowest BCUT2D eigenvalue weighted by Gasteiger charge is -2.06. The lowest BCUT2D eigenvalue weighted by molar-refractivity contribution is -0.594. The first-order valence-electron chi connectivity index (χ1n) is 8.58. The third-order valence-electron chi connectivity index (χ3n) is 3.92. The summed E-state index contributed by atoms with van der Waals surface area (Å²) < 4.78 is 41.1. The number of anilines is 2. The maximum Gasteiger partial charge on any atom is 0.673 e. The fourth-order valence-corrected chi connectivity index (χ4v) is 2.70. The molecule has 2 nitrogen and oxygen atoms in total. The van der Waals surface area contributed by atoms with Crippen LogP contribution < -0.4 is 9.88 Å². The topological polar surface area (TPSA) is 15.9 Å². The van der Waals surface area contributed by atoms with Crippen LogP contribution in [0.25, 0.3) is 16.5 Å². The second kappa shape index (κ2) is 8.56. The van der Waals surface area contributed by atoms with Crippen molar-refractivity contribution in [1.29, 1.82) is 0 Å². The third-order valence-corrected chi connectivity index (χ3v) is 3.92. The van der Waals surface area contributed by atoms with Crippen LogP contribution in [0.1, 0.15) is 0 Å². The highest BCUT2D eigenvalue weighted by Crippen LogP contribution is 2.17. The molecule has 1 aromatic heterocycles. The Hall–Kier alpha value is -3.35. The van der Waals surface area contributed by atoms with Crippen LogP contribution in [0, 0.1) is 0 Å². The van der Waals surface area contributed by atoms with Crippen LogP contribution in [0.5, 0.6) is 0 Å². The highest BCUT2D eigenvalue weighted by atomic mass is 19.5. The molecule has 4 aromatic rings. The smallest absolute Gasteiger partial charge is 0.418 e. The summed E-state index contributed by atoms with van der Waals surface area (Å²) in [5, 5.41) is 5.90. The minimum absolute atomic E-state index is 1.08. The number of rotatable bonds is 3. The van der Waals surface area contributed by atoms with Crippen molar-refractivity contribution in [2.45, 2.75) is 0 Å². The van der Waals surface area contributed by atoms with Crippen LogP contribution >= 0.6 is 0 Å². The maximum atomic E-state index is 9.75. The largest absolute Gasteiger partial charge is 0.673 e. The van der Waals surface area contributed by atoms with Crippen molar-refractivity contribution >= 4 is 29.4 Å². The number of hydrogen-bond donors (Lipinski definition) is 1. The molecule has 3 aromatic carbocycles. The average Bonchev–Trinajstić information content (AvgIpc) is 2.68. The van der Waals surface area contributed by atoms with Crippen LogP contribution in [-0.2, 0) is 0 Å². The Morgan fingerprint density at radius 1 is 0.607 bits per heavy atom. The summed E-state index contributed by atoms with van der Waals surface area (Å²) >= 11 is 0. The minimum atomic E-state index is -6.00. The number of fused-ring (bicyclic) bond motifs is 1. The van der Waals surface area contributed by atoms with Gasteiger partial charge >= 0.3 is 7.25 Å². The van der Waals surface area contributed by atoms with Gasteiger partial charge in [0.25, 0.3) is 0 Å². The van der Waals surface area contributed by atoms with Gasteiger partial charge in [0.15, 0.2) is 12.4 Å². The second-order valence-electron chi connectivity index (χ2n) is 6.01. The van der Waals surface area contributed by atoms with E-state index in [0.717, 1.165) is 17.1 Å². The fraction of sp³-hybridized carbons (Fsp3) is 0. The van der Waals surface area contributed by atoms with Gasteiger partial charge in [-0.05, 0) is 35.7 Å². The number of pyridine rings is 1. The molecule has 28 heavy (non-hydrogen) atoms. The first kappa shape index (κ1) is 19.4. The van der Waals surface area contributed by atoms with Gasteiger partial charge in [-0.1, -0.05) is 36.4 Å². The van der Waals surface area contributed by atoms with Gasteiger partial charge < -0.3 is 22.6 Å². The second-order valence-corrected chi connectivity index (χ2v) is 6.01. The molecule has 1 N–H and O–H groups in total. The van der Waals surface area contributed by atoms with Gasteiger partial charge in [-0.3, -0.25) is 0 Å². The normalized spacial score (nSPS) is 10.9. The van der Waals surface area contributed by atoms with Gasteiger partial charge in [0, 0.05) is 35.0 Å². The molecule has 0 amide bonds. The molecule has 0 spiro atoms. The van der Waals surface area contributed by atoms with Crippen molar-refractivity contribution in [3.05, 3.63) is 97.3 Å². The third kappa shape index (κ3) is 5.84. The number of para-hydroxylation sites is 1. The molecule has 0 fully saturated rings. The zero-order valence-electron chi connectivity index (χ0n) is 14.8. The van der Waals surface area contributed by atoms with Gasteiger partial charge in [-0.2, -0.15) is 4.57 Å². The summed E-state index contributed by atoms with van der Waals surface area (Å²) in [6.45, 7) is 0. The molecule has 0 saturated carbocycles. The molecular weight excluding hydrogens is 367 g/mol. The van der Waals surface area contributed by atoms with Crippen molar-refractivity contribution in [2.24, 2.45) is 0 Å². The van der Waals surface area contributed by atoms with Crippen LogP contribution in [0.15, 0.2) is 97.3 Å². The van der Waals surface area contributed by atoms with Crippen LogP contribution in [-0.4, -0.2) is 7.25 Å². The van der Waals surface area contributed by atoms with E-state index in [0.29, 0.717) is 0 Å². The van der Waals surface area contributed by atoms with E-state index in [-0.39, 0.29) is 0 Å². The molecule has 0 radical (unpaired) electrons. The first-order chi connectivity index (χ1) is 13.4. The van der Waals surface area contributed by atoms with Gasteiger partial charge in [-0.25, -0.2) is 0 Å². The number of nitrogens with zero attached hydrogens (tertiary/aromatic N) is 1. The van der Waals surface area contributed by atoms with E-state index < -0.39 is 7.25 Å². The van der Waals surface area contributed by atoms with Crippen LogP contribution in [0.4, 0.5) is 28.6 Å². The van der Waals surface area contributed by atoms with E-state index >= 15 is 0 Å². The molecule has 0 aliphatic rings. The highest BCUT2D eigenvalue weighted by molar-refractivity contribution is 6.50. The monoisotopic (exact) mass is 384 g/mol. The maximum absolute atomic E-state index is 9.75. The lowest BCUT2D eigenvalue weighted by atomic mass is 10.2. The van der Waals surface area contributed by atoms with Gasteiger partial charge in [-0.15, -0.1) is 0 Å². The van der Waals surface area contributed by atoms with E-state index in [9.17, 15) is 17.3 Å². The van der Waals surface area contributed by atoms with E-state index in [1.807, 2.05) is 18.2 Å². The Morgan fingerprint density at radius 2 is 1.14 bits per heavy atom. The summed E-state index contributed by atoms with van der Waals surface area (Å²) in [4.78, 5) is 0. The number of halogens is 4. The number of hydrogen-bond acceptors (Lipinski definition) is 1. The SMILES string of the molecule is F[B-](F)(F)F.c1ccc(Nc2ccc(-[n+]3ccc4ccccc4c3)cc2)cc1. The predicted octanol–water partition coefficient (Wildman–Crippen LogP) is 6.16. The molecule has 0 aliphatic carbocycles.